The topological polar surface area (TPSA) is 139 Å². The molecule has 1 aromatic carbocycles. The number of amides is 1. The van der Waals surface area contributed by atoms with Crippen molar-refractivity contribution in [2.45, 2.75) is 31.9 Å². The number of aliphatic hydroxyl groups is 1. The summed E-state index contributed by atoms with van der Waals surface area (Å²) in [5, 5.41) is 30.2. The molecule has 0 fully saturated rings. The van der Waals surface area contributed by atoms with Gasteiger partial charge in [-0.25, -0.2) is 18.6 Å². The summed E-state index contributed by atoms with van der Waals surface area (Å²) in [7, 11) is 0. The number of nitrogens with two attached hydrogens (primary N) is 1. The highest BCUT2D eigenvalue weighted by Crippen LogP contribution is 2.33. The SMILES string of the molecule is CC(C)(O)C#Cc1ccc(-c2ccc(Cl)n3c(N)nnc23)c(C(Cc2cc(F)cc(F)c2)NC(=O)O)n1. The molecule has 3 heterocycles. The molecule has 0 aliphatic heterocycles. The van der Waals surface area contributed by atoms with Gasteiger partial charge in [0.2, 0.25) is 5.95 Å². The molecule has 12 heteroatoms. The Hall–Kier alpha value is -4.27. The maximum absolute atomic E-state index is 13.9. The van der Waals surface area contributed by atoms with Gasteiger partial charge < -0.3 is 21.3 Å². The van der Waals surface area contributed by atoms with Crippen molar-refractivity contribution >= 4 is 29.3 Å². The highest BCUT2D eigenvalue weighted by Gasteiger charge is 2.24. The molecule has 0 aliphatic carbocycles. The number of nitrogen functional groups attached to an aromatic ring is 1. The van der Waals surface area contributed by atoms with E-state index in [0.29, 0.717) is 11.1 Å². The fraction of sp³-hybridized carbons (Fsp3) is 0.200. The monoisotopic (exact) mass is 526 g/mol. The second-order valence-corrected chi connectivity index (χ2v) is 9.10. The van der Waals surface area contributed by atoms with E-state index in [-0.39, 0.29) is 40.1 Å². The van der Waals surface area contributed by atoms with Crippen molar-refractivity contribution in [2.75, 3.05) is 5.73 Å². The first-order valence-corrected chi connectivity index (χ1v) is 11.3. The lowest BCUT2D eigenvalue weighted by atomic mass is 9.95. The lowest BCUT2D eigenvalue weighted by Gasteiger charge is -2.21. The Bertz CT molecular complexity index is 1550. The zero-order chi connectivity index (χ0) is 26.9. The van der Waals surface area contributed by atoms with Crippen molar-refractivity contribution in [1.82, 2.24) is 24.9 Å². The van der Waals surface area contributed by atoms with E-state index in [2.05, 4.69) is 32.3 Å². The zero-order valence-electron chi connectivity index (χ0n) is 19.6. The van der Waals surface area contributed by atoms with Crippen LogP contribution in [-0.2, 0) is 6.42 Å². The predicted molar refractivity (Wildman–Crippen MR) is 133 cm³/mol. The average Bonchev–Trinajstić information content (AvgIpc) is 3.18. The highest BCUT2D eigenvalue weighted by molar-refractivity contribution is 6.30. The lowest BCUT2D eigenvalue weighted by Crippen LogP contribution is -2.30. The molecule has 0 saturated carbocycles. The maximum atomic E-state index is 13.9. The van der Waals surface area contributed by atoms with Gasteiger partial charge in [0, 0.05) is 17.2 Å². The normalized spacial score (nSPS) is 12.2. The van der Waals surface area contributed by atoms with Crippen LogP contribution in [0.4, 0.5) is 19.5 Å². The summed E-state index contributed by atoms with van der Waals surface area (Å²) in [6, 6.07) is 8.32. The number of nitrogens with zero attached hydrogens (tertiary/aromatic N) is 4. The molecule has 0 bridgehead atoms. The van der Waals surface area contributed by atoms with Crippen LogP contribution < -0.4 is 11.1 Å². The van der Waals surface area contributed by atoms with Crippen molar-refractivity contribution < 1.29 is 23.8 Å². The van der Waals surface area contributed by atoms with Crippen LogP contribution in [0.2, 0.25) is 5.15 Å². The molecule has 0 aliphatic rings. The molecular weight excluding hydrogens is 506 g/mol. The van der Waals surface area contributed by atoms with E-state index in [1.54, 1.807) is 24.3 Å². The minimum atomic E-state index is -1.38. The molecule has 37 heavy (non-hydrogen) atoms. The molecular formula is C25H21ClF2N6O3. The van der Waals surface area contributed by atoms with Gasteiger partial charge in [0.1, 0.15) is 28.1 Å². The first kappa shape index (κ1) is 25.8. The van der Waals surface area contributed by atoms with Gasteiger partial charge in [0.15, 0.2) is 5.65 Å². The van der Waals surface area contributed by atoms with Gasteiger partial charge in [-0.3, -0.25) is 4.40 Å². The lowest BCUT2D eigenvalue weighted by molar-refractivity contribution is 0.143. The quantitative estimate of drug-likeness (QED) is 0.228. The van der Waals surface area contributed by atoms with Crippen molar-refractivity contribution in [3.63, 3.8) is 0 Å². The summed E-state index contributed by atoms with van der Waals surface area (Å²) in [5.74, 6) is 3.85. The average molecular weight is 527 g/mol. The standard InChI is InChI=1S/C25H21ClF2N6O3/c1-25(2,37)8-7-16-3-4-17(18-5-6-20(26)34-22(18)32-33-23(34)29)21(30-16)19(31-24(35)36)11-13-9-14(27)12-15(28)10-13/h3-6,9-10,12,19,31,37H,11H2,1-2H3,(H2,29,33)(H,35,36). The number of halogens is 3. The number of aromatic nitrogens is 4. The third-order valence-electron chi connectivity index (χ3n) is 5.23. The highest BCUT2D eigenvalue weighted by atomic mass is 35.5. The molecule has 9 nitrogen and oxygen atoms in total. The van der Waals surface area contributed by atoms with Crippen molar-refractivity contribution in [2.24, 2.45) is 0 Å². The Morgan fingerprint density at radius 3 is 2.49 bits per heavy atom. The number of nitrogens with one attached hydrogen (secondary N) is 1. The molecule has 0 spiro atoms. The number of carboxylic acid groups (broad SMARTS) is 1. The minimum Gasteiger partial charge on any atom is -0.465 e. The predicted octanol–water partition coefficient (Wildman–Crippen LogP) is 3.98. The van der Waals surface area contributed by atoms with E-state index < -0.39 is 29.4 Å². The van der Waals surface area contributed by atoms with Gasteiger partial charge in [-0.15, -0.1) is 10.2 Å². The summed E-state index contributed by atoms with van der Waals surface area (Å²) >= 11 is 6.26. The number of carbonyl (C=O) groups is 1. The molecule has 4 rings (SSSR count). The summed E-state index contributed by atoms with van der Waals surface area (Å²) in [6.07, 6.45) is -1.52. The Morgan fingerprint density at radius 2 is 1.84 bits per heavy atom. The fourth-order valence-corrected chi connectivity index (χ4v) is 4.01. The van der Waals surface area contributed by atoms with E-state index in [4.69, 9.17) is 17.3 Å². The molecule has 1 amide bonds. The fourth-order valence-electron chi connectivity index (χ4n) is 3.78. The Kier molecular flexibility index (Phi) is 6.98. The Morgan fingerprint density at radius 1 is 1.16 bits per heavy atom. The van der Waals surface area contributed by atoms with Crippen LogP contribution in [0.1, 0.15) is 36.8 Å². The third kappa shape index (κ3) is 5.94. The van der Waals surface area contributed by atoms with Gasteiger partial charge in [-0.2, -0.15) is 0 Å². The van der Waals surface area contributed by atoms with Crippen LogP contribution in [0, 0.1) is 23.5 Å². The second-order valence-electron chi connectivity index (χ2n) is 8.71. The van der Waals surface area contributed by atoms with E-state index in [9.17, 15) is 23.8 Å². The van der Waals surface area contributed by atoms with Crippen LogP contribution in [0.3, 0.4) is 0 Å². The number of anilines is 1. The molecule has 4 aromatic rings. The van der Waals surface area contributed by atoms with Crippen molar-refractivity contribution in [3.05, 3.63) is 76.2 Å². The Balaban J connectivity index is 1.94. The van der Waals surface area contributed by atoms with E-state index in [0.717, 1.165) is 18.2 Å². The maximum Gasteiger partial charge on any atom is 0.405 e. The molecule has 0 radical (unpaired) electrons. The summed E-state index contributed by atoms with van der Waals surface area (Å²) in [6.45, 7) is 3.01. The first-order valence-electron chi connectivity index (χ1n) is 10.9. The molecule has 3 aromatic heterocycles. The van der Waals surface area contributed by atoms with E-state index in [1.807, 2.05) is 0 Å². The van der Waals surface area contributed by atoms with Crippen molar-refractivity contribution in [1.29, 1.82) is 0 Å². The van der Waals surface area contributed by atoms with E-state index in [1.165, 1.54) is 18.2 Å². The second kappa shape index (κ2) is 10.0. The van der Waals surface area contributed by atoms with E-state index >= 15 is 0 Å². The summed E-state index contributed by atoms with van der Waals surface area (Å²) < 4.78 is 29.2. The van der Waals surface area contributed by atoms with Gasteiger partial charge in [0.05, 0.1) is 11.7 Å². The smallest absolute Gasteiger partial charge is 0.405 e. The number of hydrogen-bond acceptors (Lipinski definition) is 6. The van der Waals surface area contributed by atoms with Crippen LogP contribution in [0.5, 0.6) is 0 Å². The minimum absolute atomic E-state index is 0.0412. The van der Waals surface area contributed by atoms with Gasteiger partial charge in [-0.05, 0) is 68.2 Å². The number of benzene rings is 1. The number of rotatable bonds is 5. The molecule has 1 unspecified atom stereocenters. The first-order chi connectivity index (χ1) is 17.4. The third-order valence-corrected chi connectivity index (χ3v) is 5.53. The summed E-state index contributed by atoms with van der Waals surface area (Å²) in [5.41, 5.74) is 6.42. The summed E-state index contributed by atoms with van der Waals surface area (Å²) in [4.78, 5) is 16.3. The van der Waals surface area contributed by atoms with Crippen LogP contribution >= 0.6 is 11.6 Å². The molecule has 0 saturated heterocycles. The molecule has 5 N–H and O–H groups in total. The van der Waals surface area contributed by atoms with Gasteiger partial charge in [-0.1, -0.05) is 17.5 Å². The van der Waals surface area contributed by atoms with Gasteiger partial charge >= 0.3 is 6.09 Å². The van der Waals surface area contributed by atoms with Crippen LogP contribution in [0.15, 0.2) is 42.5 Å². The van der Waals surface area contributed by atoms with Crippen LogP contribution in [0.25, 0.3) is 16.8 Å². The molecule has 1 atom stereocenters. The Labute approximate surface area is 214 Å². The number of pyridine rings is 2. The molecule has 190 valence electrons. The number of fused-ring (bicyclic) bond motifs is 1. The number of hydrogen-bond donors (Lipinski definition) is 4. The zero-order valence-corrected chi connectivity index (χ0v) is 20.4. The van der Waals surface area contributed by atoms with Gasteiger partial charge in [0.25, 0.3) is 0 Å². The largest absolute Gasteiger partial charge is 0.465 e. The van der Waals surface area contributed by atoms with Crippen LogP contribution in [-0.4, -0.2) is 41.5 Å². The van der Waals surface area contributed by atoms with Crippen molar-refractivity contribution in [3.8, 4) is 23.0 Å².